The number of ether oxygens (including phenoxy) is 2. The van der Waals surface area contributed by atoms with E-state index in [0.717, 1.165) is 12.1 Å². The van der Waals surface area contributed by atoms with Crippen LogP contribution in [0.2, 0.25) is 5.02 Å². The van der Waals surface area contributed by atoms with Gasteiger partial charge in [0.15, 0.2) is 0 Å². The van der Waals surface area contributed by atoms with Crippen LogP contribution in [0.5, 0.6) is 0 Å². The second-order valence-corrected chi connectivity index (χ2v) is 7.74. The fourth-order valence-corrected chi connectivity index (χ4v) is 3.33. The van der Waals surface area contributed by atoms with Crippen LogP contribution in [0.1, 0.15) is 17.2 Å². The van der Waals surface area contributed by atoms with E-state index >= 15 is 0 Å². The third-order valence-corrected chi connectivity index (χ3v) is 5.14. The lowest BCUT2D eigenvalue weighted by Gasteiger charge is -2.35. The van der Waals surface area contributed by atoms with Gasteiger partial charge in [-0.1, -0.05) is 23.7 Å². The molecule has 1 N–H and O–H groups in total. The molecule has 0 aliphatic carbocycles. The van der Waals surface area contributed by atoms with E-state index < -0.39 is 42.8 Å². The minimum absolute atomic E-state index is 0.0138. The molecule has 2 atom stereocenters. The van der Waals surface area contributed by atoms with Gasteiger partial charge in [0.25, 0.3) is 0 Å². The SMILES string of the molecule is O=C(Nc1ccc(Cl)cc1)O[C@@H](CN1CCO[C@H](c2ccc(C(F)(F)F)cc2)C1)C(F)(F)F. The van der Waals surface area contributed by atoms with E-state index in [4.69, 9.17) is 16.3 Å². The molecule has 1 aliphatic heterocycles. The Balaban J connectivity index is 1.62. The van der Waals surface area contributed by atoms with Gasteiger partial charge in [0.05, 0.1) is 18.3 Å². The van der Waals surface area contributed by atoms with Gasteiger partial charge in [-0.15, -0.1) is 0 Å². The molecule has 1 aliphatic rings. The maximum atomic E-state index is 13.5. The zero-order chi connectivity index (χ0) is 24.2. The van der Waals surface area contributed by atoms with E-state index in [2.05, 4.69) is 10.1 Å². The Bertz CT molecular complexity index is 935. The van der Waals surface area contributed by atoms with Crippen LogP contribution in [0.4, 0.5) is 36.8 Å². The third-order valence-electron chi connectivity index (χ3n) is 4.89. The second kappa shape index (κ2) is 10.2. The Kier molecular flexibility index (Phi) is 7.76. The Labute approximate surface area is 190 Å². The number of alkyl halides is 6. The zero-order valence-electron chi connectivity index (χ0n) is 16.9. The van der Waals surface area contributed by atoms with E-state index in [1.54, 1.807) is 0 Å². The van der Waals surface area contributed by atoms with Crippen LogP contribution >= 0.6 is 11.6 Å². The van der Waals surface area contributed by atoms with Crippen molar-refractivity contribution in [2.24, 2.45) is 0 Å². The molecule has 180 valence electrons. The van der Waals surface area contributed by atoms with Crippen molar-refractivity contribution < 1.29 is 40.6 Å². The maximum absolute atomic E-state index is 13.5. The van der Waals surface area contributed by atoms with Crippen molar-refractivity contribution in [3.8, 4) is 0 Å². The van der Waals surface area contributed by atoms with Crippen molar-refractivity contribution in [2.75, 3.05) is 31.6 Å². The molecule has 33 heavy (non-hydrogen) atoms. The van der Waals surface area contributed by atoms with Gasteiger partial charge >= 0.3 is 18.4 Å². The van der Waals surface area contributed by atoms with Crippen molar-refractivity contribution in [1.29, 1.82) is 0 Å². The largest absolute Gasteiger partial charge is 0.435 e. The number of carbonyl (C=O) groups is 1. The highest BCUT2D eigenvalue weighted by molar-refractivity contribution is 6.30. The lowest BCUT2D eigenvalue weighted by Crippen LogP contribution is -2.48. The summed E-state index contributed by atoms with van der Waals surface area (Å²) in [6.45, 7) is -0.475. The first-order valence-electron chi connectivity index (χ1n) is 9.73. The van der Waals surface area contributed by atoms with E-state index in [1.165, 1.54) is 41.3 Å². The number of carbonyl (C=O) groups excluding carboxylic acids is 1. The summed E-state index contributed by atoms with van der Waals surface area (Å²) in [6, 6.07) is 9.95. The normalized spacial score (nSPS) is 18.6. The quantitative estimate of drug-likeness (QED) is 0.523. The maximum Gasteiger partial charge on any atom is 0.426 e. The molecule has 3 rings (SSSR count). The highest BCUT2D eigenvalue weighted by atomic mass is 35.5. The predicted molar refractivity (Wildman–Crippen MR) is 108 cm³/mol. The number of anilines is 1. The van der Waals surface area contributed by atoms with Gasteiger partial charge < -0.3 is 9.47 Å². The molecule has 2 aromatic rings. The summed E-state index contributed by atoms with van der Waals surface area (Å²) < 4.78 is 88.9. The Morgan fingerprint density at radius 3 is 2.30 bits per heavy atom. The lowest BCUT2D eigenvalue weighted by atomic mass is 10.0. The van der Waals surface area contributed by atoms with Crippen LogP contribution in [0.25, 0.3) is 0 Å². The molecule has 5 nitrogen and oxygen atoms in total. The van der Waals surface area contributed by atoms with Gasteiger partial charge in [-0.25, -0.2) is 4.79 Å². The minimum atomic E-state index is -4.83. The Hall–Kier alpha value is -2.50. The fraction of sp³-hybridized carbons (Fsp3) is 0.381. The van der Waals surface area contributed by atoms with E-state index in [1.807, 2.05) is 0 Å². The molecule has 1 amide bonds. The molecular formula is C21H19ClF6N2O3. The zero-order valence-corrected chi connectivity index (χ0v) is 17.7. The fourth-order valence-electron chi connectivity index (χ4n) is 3.21. The molecule has 0 bridgehead atoms. The summed E-state index contributed by atoms with van der Waals surface area (Å²) in [5.41, 5.74) is -0.229. The summed E-state index contributed by atoms with van der Waals surface area (Å²) in [4.78, 5) is 13.4. The van der Waals surface area contributed by atoms with Crippen molar-refractivity contribution in [3.05, 3.63) is 64.7 Å². The van der Waals surface area contributed by atoms with E-state index in [9.17, 15) is 31.1 Å². The lowest BCUT2D eigenvalue weighted by molar-refractivity contribution is -0.209. The first-order valence-corrected chi connectivity index (χ1v) is 10.1. The predicted octanol–water partition coefficient (Wildman–Crippen LogP) is 5.91. The first-order chi connectivity index (χ1) is 15.4. The number of hydrogen-bond acceptors (Lipinski definition) is 4. The summed E-state index contributed by atoms with van der Waals surface area (Å²) in [5, 5.41) is 2.59. The van der Waals surface area contributed by atoms with Gasteiger partial charge in [-0.3, -0.25) is 10.2 Å². The summed E-state index contributed by atoms with van der Waals surface area (Å²) in [7, 11) is 0. The van der Waals surface area contributed by atoms with E-state index in [-0.39, 0.29) is 25.4 Å². The number of hydrogen-bond donors (Lipinski definition) is 1. The smallest absolute Gasteiger partial charge is 0.426 e. The average molecular weight is 497 g/mol. The summed E-state index contributed by atoms with van der Waals surface area (Å²) in [6.07, 6.45) is -13.8. The summed E-state index contributed by atoms with van der Waals surface area (Å²) >= 11 is 5.73. The second-order valence-electron chi connectivity index (χ2n) is 7.31. The number of nitrogens with zero attached hydrogens (tertiary/aromatic N) is 1. The number of halogens is 7. The molecule has 1 saturated heterocycles. The highest BCUT2D eigenvalue weighted by Crippen LogP contribution is 2.32. The molecule has 0 spiro atoms. The van der Waals surface area contributed by atoms with Crippen LogP contribution in [-0.2, 0) is 15.7 Å². The molecule has 12 heteroatoms. The number of amides is 1. The van der Waals surface area contributed by atoms with Crippen molar-refractivity contribution >= 4 is 23.4 Å². The number of morpholine rings is 1. The van der Waals surface area contributed by atoms with Crippen molar-refractivity contribution in [2.45, 2.75) is 24.6 Å². The van der Waals surface area contributed by atoms with Crippen LogP contribution in [0.3, 0.4) is 0 Å². The van der Waals surface area contributed by atoms with Gasteiger partial charge in [-0.05, 0) is 42.0 Å². The molecular weight excluding hydrogens is 478 g/mol. The number of benzene rings is 2. The Morgan fingerprint density at radius 2 is 1.73 bits per heavy atom. The van der Waals surface area contributed by atoms with Gasteiger partial charge in [0.2, 0.25) is 6.10 Å². The minimum Gasteiger partial charge on any atom is -0.435 e. The monoisotopic (exact) mass is 496 g/mol. The number of nitrogens with one attached hydrogen (secondary N) is 1. The van der Waals surface area contributed by atoms with Crippen LogP contribution in [0, 0.1) is 0 Å². The van der Waals surface area contributed by atoms with E-state index in [0.29, 0.717) is 10.6 Å². The Morgan fingerprint density at radius 1 is 1.09 bits per heavy atom. The first kappa shape index (κ1) is 25.1. The number of rotatable bonds is 5. The highest BCUT2D eigenvalue weighted by Gasteiger charge is 2.44. The van der Waals surface area contributed by atoms with Gasteiger partial charge in [0, 0.05) is 30.3 Å². The molecule has 0 radical (unpaired) electrons. The van der Waals surface area contributed by atoms with Crippen molar-refractivity contribution in [3.63, 3.8) is 0 Å². The molecule has 1 heterocycles. The van der Waals surface area contributed by atoms with Crippen LogP contribution in [0.15, 0.2) is 48.5 Å². The molecule has 0 aromatic heterocycles. The molecule has 1 fully saturated rings. The van der Waals surface area contributed by atoms with Crippen molar-refractivity contribution in [1.82, 2.24) is 4.90 Å². The topological polar surface area (TPSA) is 50.8 Å². The summed E-state index contributed by atoms with van der Waals surface area (Å²) in [5.74, 6) is 0. The average Bonchev–Trinajstić information content (AvgIpc) is 2.74. The van der Waals surface area contributed by atoms with Crippen LogP contribution in [-0.4, -0.2) is 49.5 Å². The molecule has 2 aromatic carbocycles. The van der Waals surface area contributed by atoms with Gasteiger partial charge in [0.1, 0.15) is 0 Å². The molecule has 0 saturated carbocycles. The molecule has 0 unspecified atom stereocenters. The third kappa shape index (κ3) is 7.24. The van der Waals surface area contributed by atoms with Crippen LogP contribution < -0.4 is 5.32 Å². The van der Waals surface area contributed by atoms with Gasteiger partial charge in [-0.2, -0.15) is 26.3 Å². The standard InChI is InChI=1S/C21H19ClF6N2O3/c22-15-5-7-16(8-6-15)29-19(31)33-18(21(26,27)28)12-30-9-10-32-17(11-30)13-1-3-14(4-2-13)20(23,24)25/h1-8,17-18H,9-12H2,(H,29,31)/t17-,18-/m0/s1.